The molecule has 0 saturated heterocycles. The van der Waals surface area contributed by atoms with Crippen LogP contribution in [-0.4, -0.2) is 43.2 Å². The Morgan fingerprint density at radius 2 is 1.94 bits per heavy atom. The topological polar surface area (TPSA) is 134 Å². The first-order valence-electron chi connectivity index (χ1n) is 10.4. The Labute approximate surface area is 196 Å². The summed E-state index contributed by atoms with van der Waals surface area (Å²) >= 11 is 6.08. The van der Waals surface area contributed by atoms with E-state index < -0.39 is 23.7 Å². The van der Waals surface area contributed by atoms with Crippen LogP contribution in [0.3, 0.4) is 0 Å². The third kappa shape index (κ3) is 7.31. The van der Waals surface area contributed by atoms with Crippen LogP contribution in [0.5, 0.6) is 0 Å². The van der Waals surface area contributed by atoms with Crippen molar-refractivity contribution in [3.63, 3.8) is 0 Å². The minimum absolute atomic E-state index is 0.0298. The molecule has 3 N–H and O–H groups in total. The van der Waals surface area contributed by atoms with Gasteiger partial charge in [0, 0.05) is 12.6 Å². The zero-order valence-electron chi connectivity index (χ0n) is 18.7. The number of esters is 1. The van der Waals surface area contributed by atoms with Crippen LogP contribution < -0.4 is 11.1 Å². The lowest BCUT2D eigenvalue weighted by molar-refractivity contribution is -0.145. The smallest absolute Gasteiger partial charge is 0.407 e. The lowest BCUT2D eigenvalue weighted by atomic mass is 10.1. The number of fused-ring (bicyclic) bond motifs is 1. The SMILES string of the molecule is CC(C)(C)OC(=O)N[C@H](CCn1cnc2c(Cl)nc(N)nc21)CC(=O)OCc1ccccc1. The summed E-state index contributed by atoms with van der Waals surface area (Å²) in [6.45, 7) is 5.83. The Bertz CT molecular complexity index is 1110. The lowest BCUT2D eigenvalue weighted by Crippen LogP contribution is -2.41. The number of amides is 1. The van der Waals surface area contributed by atoms with Crippen LogP contribution in [0, 0.1) is 0 Å². The fraction of sp³-hybridized carbons (Fsp3) is 0.409. The number of aromatic nitrogens is 4. The van der Waals surface area contributed by atoms with Gasteiger partial charge >= 0.3 is 12.1 Å². The highest BCUT2D eigenvalue weighted by Gasteiger charge is 2.22. The first kappa shape index (κ1) is 24.2. The van der Waals surface area contributed by atoms with Crippen molar-refractivity contribution < 1.29 is 19.1 Å². The molecule has 176 valence electrons. The predicted molar refractivity (Wildman–Crippen MR) is 123 cm³/mol. The average Bonchev–Trinajstić information content (AvgIpc) is 3.13. The molecule has 3 aromatic rings. The molecule has 0 fully saturated rings. The van der Waals surface area contributed by atoms with E-state index in [2.05, 4.69) is 20.3 Å². The Hall–Kier alpha value is -3.40. The Balaban J connectivity index is 1.67. The van der Waals surface area contributed by atoms with Crippen molar-refractivity contribution in [3.8, 4) is 0 Å². The third-order valence-electron chi connectivity index (χ3n) is 4.53. The molecule has 3 rings (SSSR count). The Morgan fingerprint density at radius 1 is 1.21 bits per heavy atom. The van der Waals surface area contributed by atoms with Gasteiger partial charge in [-0.3, -0.25) is 4.79 Å². The van der Waals surface area contributed by atoms with Crippen LogP contribution in [0.25, 0.3) is 11.2 Å². The molecule has 0 bridgehead atoms. The second-order valence-electron chi connectivity index (χ2n) is 8.47. The molecule has 11 heteroatoms. The summed E-state index contributed by atoms with van der Waals surface area (Å²) in [5.41, 5.74) is 6.79. The number of imidazole rings is 1. The van der Waals surface area contributed by atoms with Crippen molar-refractivity contribution in [1.82, 2.24) is 24.8 Å². The van der Waals surface area contributed by atoms with Gasteiger partial charge in [-0.15, -0.1) is 0 Å². The number of anilines is 1. The molecule has 1 amide bonds. The maximum atomic E-state index is 12.5. The lowest BCUT2D eigenvalue weighted by Gasteiger charge is -2.23. The molecular formula is C22H27ClN6O4. The number of ether oxygens (including phenoxy) is 2. The highest BCUT2D eigenvalue weighted by Crippen LogP contribution is 2.20. The number of aryl methyl sites for hydroxylation is 1. The Kier molecular flexibility index (Phi) is 7.70. The number of nitrogens with one attached hydrogen (secondary N) is 1. The van der Waals surface area contributed by atoms with Crippen LogP contribution >= 0.6 is 11.6 Å². The number of halogens is 1. The van der Waals surface area contributed by atoms with Crippen LogP contribution in [0.2, 0.25) is 5.15 Å². The number of benzene rings is 1. The molecule has 0 unspecified atom stereocenters. The molecule has 0 saturated carbocycles. The monoisotopic (exact) mass is 474 g/mol. The quantitative estimate of drug-likeness (QED) is 0.374. The van der Waals surface area contributed by atoms with E-state index in [-0.39, 0.29) is 24.1 Å². The zero-order valence-corrected chi connectivity index (χ0v) is 19.5. The van der Waals surface area contributed by atoms with Crippen LogP contribution in [0.1, 0.15) is 39.2 Å². The maximum absolute atomic E-state index is 12.5. The zero-order chi connectivity index (χ0) is 24.0. The Morgan fingerprint density at radius 3 is 2.64 bits per heavy atom. The number of hydrogen-bond donors (Lipinski definition) is 2. The predicted octanol–water partition coefficient (Wildman–Crippen LogP) is 3.48. The number of alkyl carbamates (subject to hydrolysis) is 1. The summed E-state index contributed by atoms with van der Waals surface area (Å²) in [4.78, 5) is 37.1. The number of carbonyl (C=O) groups is 2. The van der Waals surface area contributed by atoms with Gasteiger partial charge in [0.2, 0.25) is 5.95 Å². The van der Waals surface area contributed by atoms with Crippen molar-refractivity contribution in [2.45, 2.75) is 58.4 Å². The average molecular weight is 475 g/mol. The summed E-state index contributed by atoms with van der Waals surface area (Å²) in [5.74, 6) is -0.410. The standard InChI is InChI=1S/C22H27ClN6O4/c1-22(2,3)33-21(31)26-15(11-16(30)32-12-14-7-5-4-6-8-14)9-10-29-13-25-17-18(23)27-20(24)28-19(17)29/h4-8,13,15H,9-12H2,1-3H3,(H,26,31)(H2,24,27,28)/t15-/m1/s1. The van der Waals surface area contributed by atoms with Gasteiger partial charge in [-0.1, -0.05) is 41.9 Å². The van der Waals surface area contributed by atoms with Gasteiger partial charge in [-0.05, 0) is 32.8 Å². The fourth-order valence-corrected chi connectivity index (χ4v) is 3.30. The van der Waals surface area contributed by atoms with E-state index in [1.54, 1.807) is 31.7 Å². The van der Waals surface area contributed by atoms with Crippen LogP contribution in [0.4, 0.5) is 10.7 Å². The number of nitrogen functional groups attached to an aromatic ring is 1. The summed E-state index contributed by atoms with van der Waals surface area (Å²) in [6.07, 6.45) is 1.29. The van der Waals surface area contributed by atoms with E-state index in [9.17, 15) is 9.59 Å². The van der Waals surface area contributed by atoms with Crippen molar-refractivity contribution >= 4 is 40.8 Å². The molecule has 1 atom stereocenters. The molecule has 33 heavy (non-hydrogen) atoms. The summed E-state index contributed by atoms with van der Waals surface area (Å²) in [5, 5.41) is 2.91. The van der Waals surface area contributed by atoms with Gasteiger partial charge in [0.25, 0.3) is 0 Å². The molecule has 0 aliphatic rings. The van der Waals surface area contributed by atoms with Crippen LogP contribution in [0.15, 0.2) is 36.7 Å². The highest BCUT2D eigenvalue weighted by molar-refractivity contribution is 6.33. The largest absolute Gasteiger partial charge is 0.461 e. The first-order chi connectivity index (χ1) is 15.6. The molecule has 0 aliphatic carbocycles. The number of carbonyl (C=O) groups excluding carboxylic acids is 2. The number of nitrogens with two attached hydrogens (primary N) is 1. The van der Waals surface area contributed by atoms with Gasteiger partial charge < -0.3 is 25.1 Å². The van der Waals surface area contributed by atoms with E-state index in [0.29, 0.717) is 24.1 Å². The minimum atomic E-state index is -0.672. The normalized spacial score (nSPS) is 12.4. The summed E-state index contributed by atoms with van der Waals surface area (Å²) in [7, 11) is 0. The van der Waals surface area contributed by atoms with Gasteiger partial charge in [0.05, 0.1) is 12.7 Å². The van der Waals surface area contributed by atoms with E-state index in [4.69, 9.17) is 26.8 Å². The second kappa shape index (κ2) is 10.5. The highest BCUT2D eigenvalue weighted by atomic mass is 35.5. The van der Waals surface area contributed by atoms with Gasteiger partial charge in [0.1, 0.15) is 17.7 Å². The van der Waals surface area contributed by atoms with E-state index in [1.165, 1.54) is 0 Å². The van der Waals surface area contributed by atoms with Crippen molar-refractivity contribution in [2.75, 3.05) is 5.73 Å². The number of nitrogens with zero attached hydrogens (tertiary/aromatic N) is 4. The van der Waals surface area contributed by atoms with Gasteiger partial charge in [-0.2, -0.15) is 9.97 Å². The minimum Gasteiger partial charge on any atom is -0.461 e. The van der Waals surface area contributed by atoms with Crippen molar-refractivity contribution in [2.24, 2.45) is 0 Å². The summed E-state index contributed by atoms with van der Waals surface area (Å²) < 4.78 is 12.5. The molecule has 1 aromatic carbocycles. The number of hydrogen-bond acceptors (Lipinski definition) is 8. The third-order valence-corrected chi connectivity index (χ3v) is 4.80. The van der Waals surface area contributed by atoms with E-state index in [0.717, 1.165) is 5.56 Å². The molecule has 2 aromatic heterocycles. The van der Waals surface area contributed by atoms with Crippen molar-refractivity contribution in [3.05, 3.63) is 47.4 Å². The summed E-state index contributed by atoms with van der Waals surface area (Å²) in [6, 6.07) is 8.81. The second-order valence-corrected chi connectivity index (χ2v) is 8.82. The van der Waals surface area contributed by atoms with E-state index >= 15 is 0 Å². The first-order valence-corrected chi connectivity index (χ1v) is 10.8. The molecule has 0 radical (unpaired) electrons. The van der Waals surface area contributed by atoms with Gasteiger partial charge in [0.15, 0.2) is 10.8 Å². The molecule has 0 spiro atoms. The van der Waals surface area contributed by atoms with Crippen molar-refractivity contribution in [1.29, 1.82) is 0 Å². The maximum Gasteiger partial charge on any atom is 0.407 e. The van der Waals surface area contributed by atoms with Crippen LogP contribution in [-0.2, 0) is 27.4 Å². The van der Waals surface area contributed by atoms with E-state index in [1.807, 2.05) is 30.3 Å². The molecule has 10 nitrogen and oxygen atoms in total. The number of rotatable bonds is 8. The fourth-order valence-electron chi connectivity index (χ4n) is 3.08. The van der Waals surface area contributed by atoms with Gasteiger partial charge in [-0.25, -0.2) is 9.78 Å². The molecular weight excluding hydrogens is 448 g/mol. The molecule has 0 aliphatic heterocycles. The molecule has 2 heterocycles.